The zero-order valence-electron chi connectivity index (χ0n) is 20.0. The smallest absolute Gasteiger partial charge is 0.407 e. The lowest BCUT2D eigenvalue weighted by Crippen LogP contribution is -2.45. The predicted octanol–water partition coefficient (Wildman–Crippen LogP) is 5.19. The Hall–Kier alpha value is -2.20. The number of nitrogens with zero attached hydrogens (tertiary/aromatic N) is 1. The van der Waals surface area contributed by atoms with Crippen LogP contribution in [0.5, 0.6) is 0 Å². The Bertz CT molecular complexity index is 874. The molecule has 1 amide bonds. The Kier molecular flexibility index (Phi) is 9.45. The summed E-state index contributed by atoms with van der Waals surface area (Å²) in [7, 11) is 1.40. The third-order valence-corrected chi connectivity index (χ3v) is 5.87. The molecule has 0 aliphatic heterocycles. The van der Waals surface area contributed by atoms with Crippen LogP contribution in [0.3, 0.4) is 0 Å². The fraction of sp³-hybridized carbons (Fsp3) is 0.600. The van der Waals surface area contributed by atoms with E-state index in [1.807, 2.05) is 27.7 Å². The number of hydrogen-bond acceptors (Lipinski definition) is 5. The summed E-state index contributed by atoms with van der Waals surface area (Å²) in [5, 5.41) is 3.57. The van der Waals surface area contributed by atoms with Gasteiger partial charge in [-0.1, -0.05) is 27.8 Å². The number of anilines is 1. The van der Waals surface area contributed by atoms with Crippen molar-refractivity contribution in [2.24, 2.45) is 0 Å². The second kappa shape index (κ2) is 11.6. The molecule has 0 bridgehead atoms. The van der Waals surface area contributed by atoms with Crippen molar-refractivity contribution in [2.45, 2.75) is 78.0 Å². The second-order valence-corrected chi connectivity index (χ2v) is 9.59. The van der Waals surface area contributed by atoms with Crippen molar-refractivity contribution in [1.82, 2.24) is 5.32 Å². The molecule has 1 aliphatic carbocycles. The van der Waals surface area contributed by atoms with Gasteiger partial charge >= 0.3 is 12.1 Å². The molecule has 176 valence electrons. The summed E-state index contributed by atoms with van der Waals surface area (Å²) in [6.07, 6.45) is 3.29. The van der Waals surface area contributed by atoms with E-state index >= 15 is 0 Å². The van der Waals surface area contributed by atoms with Gasteiger partial charge in [0.2, 0.25) is 0 Å². The number of amides is 1. The van der Waals surface area contributed by atoms with Crippen LogP contribution in [0.2, 0.25) is 0 Å². The van der Waals surface area contributed by atoms with Crippen LogP contribution >= 0.6 is 15.9 Å². The lowest BCUT2D eigenvalue weighted by molar-refractivity contribution is 0.0490. The first kappa shape index (κ1) is 26.1. The van der Waals surface area contributed by atoms with Gasteiger partial charge in [-0.15, -0.1) is 0 Å². The summed E-state index contributed by atoms with van der Waals surface area (Å²) in [5.74, 6) is 5.78. The Labute approximate surface area is 200 Å². The van der Waals surface area contributed by atoms with Gasteiger partial charge in [-0.2, -0.15) is 0 Å². The molecule has 0 aromatic heterocycles. The molecule has 6 nitrogen and oxygen atoms in total. The topological polar surface area (TPSA) is 67.9 Å². The number of carbonyl (C=O) groups is 2. The van der Waals surface area contributed by atoms with Crippen molar-refractivity contribution < 1.29 is 19.1 Å². The van der Waals surface area contributed by atoms with Gasteiger partial charge < -0.3 is 19.7 Å². The van der Waals surface area contributed by atoms with Crippen LogP contribution in [0, 0.1) is 18.8 Å². The van der Waals surface area contributed by atoms with Gasteiger partial charge in [0.1, 0.15) is 5.60 Å². The molecule has 32 heavy (non-hydrogen) atoms. The van der Waals surface area contributed by atoms with E-state index in [1.165, 1.54) is 7.11 Å². The number of alkyl halides is 1. The molecule has 2 rings (SSSR count). The van der Waals surface area contributed by atoms with Crippen molar-refractivity contribution in [1.29, 1.82) is 0 Å². The summed E-state index contributed by atoms with van der Waals surface area (Å²) in [4.78, 5) is 26.9. The van der Waals surface area contributed by atoms with E-state index < -0.39 is 5.60 Å². The fourth-order valence-electron chi connectivity index (χ4n) is 4.16. The lowest BCUT2D eigenvalue weighted by atomic mass is 9.89. The number of halogens is 1. The Morgan fingerprint density at radius 1 is 1.22 bits per heavy atom. The van der Waals surface area contributed by atoms with Crippen molar-refractivity contribution in [3.05, 3.63) is 28.8 Å². The monoisotopic (exact) mass is 506 g/mol. The summed E-state index contributed by atoms with van der Waals surface area (Å²) in [6.45, 7) is 10.5. The van der Waals surface area contributed by atoms with E-state index in [-0.39, 0.29) is 18.1 Å². The highest BCUT2D eigenvalue weighted by Crippen LogP contribution is 2.32. The fourth-order valence-corrected chi connectivity index (χ4v) is 4.30. The molecular formula is C25H35BrN2O4. The van der Waals surface area contributed by atoms with Crippen LogP contribution in [-0.2, 0) is 9.47 Å². The number of benzene rings is 1. The number of esters is 1. The van der Waals surface area contributed by atoms with Gasteiger partial charge in [0.05, 0.1) is 18.0 Å². The number of rotatable bonds is 5. The molecule has 0 spiro atoms. The molecular weight excluding hydrogens is 472 g/mol. The van der Waals surface area contributed by atoms with Crippen LogP contribution in [0.25, 0.3) is 0 Å². The van der Waals surface area contributed by atoms with Gasteiger partial charge in [0.15, 0.2) is 0 Å². The minimum atomic E-state index is -0.502. The first-order valence-corrected chi connectivity index (χ1v) is 12.3. The molecule has 1 N–H and O–H groups in total. The SMILES string of the molecule is CCN(c1cc(C#CCBr)cc(C(=O)OC)c1C)C1CCC(NC(=O)OC(C)(C)C)CC1. The molecule has 1 aromatic carbocycles. The summed E-state index contributed by atoms with van der Waals surface area (Å²) in [6, 6.07) is 4.30. The summed E-state index contributed by atoms with van der Waals surface area (Å²) < 4.78 is 10.4. The molecule has 0 heterocycles. The van der Waals surface area contributed by atoms with Gasteiger partial charge in [0.25, 0.3) is 0 Å². The minimum Gasteiger partial charge on any atom is -0.465 e. The van der Waals surface area contributed by atoms with E-state index in [9.17, 15) is 9.59 Å². The van der Waals surface area contributed by atoms with Crippen LogP contribution < -0.4 is 10.2 Å². The Balaban J connectivity index is 2.20. The van der Waals surface area contributed by atoms with Crippen LogP contribution in [0.4, 0.5) is 10.5 Å². The van der Waals surface area contributed by atoms with Crippen molar-refractivity contribution in [3.8, 4) is 11.8 Å². The van der Waals surface area contributed by atoms with Crippen molar-refractivity contribution in [3.63, 3.8) is 0 Å². The lowest BCUT2D eigenvalue weighted by Gasteiger charge is -2.39. The molecule has 7 heteroatoms. The molecule has 1 aliphatic rings. The van der Waals surface area contributed by atoms with E-state index in [4.69, 9.17) is 9.47 Å². The first-order chi connectivity index (χ1) is 15.1. The van der Waals surface area contributed by atoms with E-state index in [1.54, 1.807) is 6.07 Å². The highest BCUT2D eigenvalue weighted by Gasteiger charge is 2.29. The van der Waals surface area contributed by atoms with E-state index in [0.717, 1.165) is 49.0 Å². The quantitative estimate of drug-likeness (QED) is 0.338. The van der Waals surface area contributed by atoms with Crippen molar-refractivity contribution in [2.75, 3.05) is 23.9 Å². The maximum atomic E-state index is 12.4. The molecule has 1 fully saturated rings. The standard InChI is InChI=1S/C25H35BrN2O4/c1-7-28(20-12-10-19(11-13-20)27-24(30)32-25(3,4)5)22-16-18(9-8-14-26)15-21(17(22)2)23(29)31-6/h15-16,19-20H,7,10-14H2,1-6H3,(H,27,30). The predicted molar refractivity (Wildman–Crippen MR) is 132 cm³/mol. The minimum absolute atomic E-state index is 0.114. The first-order valence-electron chi connectivity index (χ1n) is 11.1. The highest BCUT2D eigenvalue weighted by molar-refractivity contribution is 9.09. The van der Waals surface area contributed by atoms with Gasteiger partial charge in [-0.05, 0) is 78.0 Å². The largest absolute Gasteiger partial charge is 0.465 e. The normalized spacial score (nSPS) is 18.2. The molecule has 1 saturated carbocycles. The van der Waals surface area contributed by atoms with E-state index in [0.29, 0.717) is 16.9 Å². The van der Waals surface area contributed by atoms with Gasteiger partial charge in [-0.3, -0.25) is 0 Å². The molecule has 0 unspecified atom stereocenters. The summed E-state index contributed by atoms with van der Waals surface area (Å²) in [5.41, 5.74) is 2.75. The van der Waals surface area contributed by atoms with Crippen LogP contribution in [0.15, 0.2) is 12.1 Å². The van der Waals surface area contributed by atoms with E-state index in [2.05, 4.69) is 51.0 Å². The maximum Gasteiger partial charge on any atom is 0.407 e. The number of nitrogens with one attached hydrogen (secondary N) is 1. The molecule has 0 radical (unpaired) electrons. The average molecular weight is 507 g/mol. The third kappa shape index (κ3) is 7.16. The number of ether oxygens (including phenoxy) is 2. The zero-order valence-corrected chi connectivity index (χ0v) is 21.6. The van der Waals surface area contributed by atoms with Crippen LogP contribution in [0.1, 0.15) is 74.9 Å². The number of alkyl carbamates (subject to hydrolysis) is 1. The number of methoxy groups -OCH3 is 1. The number of carbonyl (C=O) groups excluding carboxylic acids is 2. The Morgan fingerprint density at radius 3 is 2.41 bits per heavy atom. The number of hydrogen-bond donors (Lipinski definition) is 1. The molecule has 1 aromatic rings. The van der Waals surface area contributed by atoms with Gasteiger partial charge in [0, 0.05) is 29.9 Å². The van der Waals surface area contributed by atoms with Crippen LogP contribution in [-0.4, -0.2) is 48.7 Å². The van der Waals surface area contributed by atoms with Gasteiger partial charge in [-0.25, -0.2) is 9.59 Å². The maximum absolute atomic E-state index is 12.4. The average Bonchev–Trinajstić information content (AvgIpc) is 2.73. The summed E-state index contributed by atoms with van der Waals surface area (Å²) >= 11 is 3.33. The van der Waals surface area contributed by atoms with Crippen molar-refractivity contribution >= 4 is 33.7 Å². The molecule has 0 atom stereocenters. The Morgan fingerprint density at radius 2 is 1.88 bits per heavy atom. The zero-order chi connectivity index (χ0) is 23.9. The third-order valence-electron chi connectivity index (χ3n) is 5.59. The second-order valence-electron chi connectivity index (χ2n) is 9.03. The molecule has 0 saturated heterocycles. The highest BCUT2D eigenvalue weighted by atomic mass is 79.9.